The summed E-state index contributed by atoms with van der Waals surface area (Å²) in [5.74, 6) is -0.469. The zero-order valence-corrected chi connectivity index (χ0v) is 10.3. The number of halogens is 1. The number of rotatable bonds is 1. The molecule has 2 aromatic heterocycles. The average Bonchev–Trinajstić information content (AvgIpc) is 2.65. The van der Waals surface area contributed by atoms with Gasteiger partial charge in [0.05, 0.1) is 10.7 Å². The Morgan fingerprint density at radius 2 is 2.00 bits per heavy atom. The van der Waals surface area contributed by atoms with Crippen molar-refractivity contribution in [2.24, 2.45) is 0 Å². The Morgan fingerprint density at radius 1 is 1.28 bits per heavy atom. The van der Waals surface area contributed by atoms with Crippen LogP contribution in [0.15, 0.2) is 45.7 Å². The Morgan fingerprint density at radius 3 is 2.72 bits per heavy atom. The van der Waals surface area contributed by atoms with Gasteiger partial charge in [-0.05, 0) is 19.1 Å². The molecule has 0 radical (unpaired) electrons. The summed E-state index contributed by atoms with van der Waals surface area (Å²) >= 11 is 5.81. The molecule has 0 atom stereocenters. The number of pyridine rings is 1. The lowest BCUT2D eigenvalue weighted by molar-refractivity contribution is 0.540. The lowest BCUT2D eigenvalue weighted by Gasteiger charge is -2.01. The number of hydrogen-bond donors (Lipinski definition) is 0. The molecule has 0 amide bonds. The molecule has 0 saturated heterocycles. The molecular weight excluding hydrogens is 252 g/mol. The Kier molecular flexibility index (Phi) is 2.45. The topological polar surface area (TPSA) is 48.0 Å². The highest BCUT2D eigenvalue weighted by Crippen LogP contribution is 2.18. The minimum Gasteiger partial charge on any atom is -0.406 e. The number of benzene rings is 1. The van der Waals surface area contributed by atoms with Gasteiger partial charge >= 0.3 is 5.76 Å². The molecule has 0 bridgehead atoms. The molecule has 1 aromatic carbocycles. The summed E-state index contributed by atoms with van der Waals surface area (Å²) in [6.07, 6.45) is 1.49. The second-order valence-electron chi connectivity index (χ2n) is 4.01. The first-order valence-electron chi connectivity index (χ1n) is 5.39. The van der Waals surface area contributed by atoms with Gasteiger partial charge in [-0.15, -0.1) is 0 Å². The lowest BCUT2D eigenvalue weighted by Crippen LogP contribution is -2.12. The van der Waals surface area contributed by atoms with E-state index in [1.807, 2.05) is 31.2 Å². The molecule has 0 aliphatic heterocycles. The van der Waals surface area contributed by atoms with Crippen LogP contribution in [0.4, 0.5) is 0 Å². The second kappa shape index (κ2) is 3.99. The highest BCUT2D eigenvalue weighted by Gasteiger charge is 2.12. The van der Waals surface area contributed by atoms with Gasteiger partial charge in [-0.25, -0.2) is 14.3 Å². The molecule has 0 aliphatic rings. The van der Waals surface area contributed by atoms with E-state index in [2.05, 4.69) is 4.98 Å². The van der Waals surface area contributed by atoms with Crippen LogP contribution in [-0.4, -0.2) is 9.55 Å². The summed E-state index contributed by atoms with van der Waals surface area (Å²) in [6, 6.07) is 9.13. The molecule has 5 heteroatoms. The standard InChI is InChI=1S/C13H9ClN2O2/c1-8-2-4-10(5-3-8)16-12-11(18-13(16)17)6-9(14)7-15-12/h2-7H,1H3. The van der Waals surface area contributed by atoms with Crippen molar-refractivity contribution >= 4 is 22.8 Å². The van der Waals surface area contributed by atoms with Gasteiger partial charge in [0, 0.05) is 12.3 Å². The van der Waals surface area contributed by atoms with Crippen molar-refractivity contribution in [3.8, 4) is 5.69 Å². The number of aryl methyl sites for hydroxylation is 1. The Labute approximate surface area is 107 Å². The number of aromatic nitrogens is 2. The number of oxazole rings is 1. The zero-order valence-electron chi connectivity index (χ0n) is 9.55. The van der Waals surface area contributed by atoms with E-state index in [0.717, 1.165) is 11.3 Å². The largest absolute Gasteiger partial charge is 0.425 e. The van der Waals surface area contributed by atoms with Crippen molar-refractivity contribution in [2.75, 3.05) is 0 Å². The van der Waals surface area contributed by atoms with Crippen LogP contribution in [0, 0.1) is 6.92 Å². The van der Waals surface area contributed by atoms with Crippen LogP contribution in [0.2, 0.25) is 5.02 Å². The van der Waals surface area contributed by atoms with Crippen molar-refractivity contribution in [1.82, 2.24) is 9.55 Å². The molecule has 0 aliphatic carbocycles. The summed E-state index contributed by atoms with van der Waals surface area (Å²) in [6.45, 7) is 1.98. The number of hydrogen-bond acceptors (Lipinski definition) is 3. The third-order valence-electron chi connectivity index (χ3n) is 2.68. The third kappa shape index (κ3) is 1.71. The van der Waals surface area contributed by atoms with E-state index in [0.29, 0.717) is 16.3 Å². The van der Waals surface area contributed by atoms with Crippen LogP contribution in [0.25, 0.3) is 16.9 Å². The molecule has 18 heavy (non-hydrogen) atoms. The number of nitrogens with zero attached hydrogens (tertiary/aromatic N) is 2. The monoisotopic (exact) mass is 260 g/mol. The minimum absolute atomic E-state index is 0.382. The third-order valence-corrected chi connectivity index (χ3v) is 2.89. The predicted molar refractivity (Wildman–Crippen MR) is 69.4 cm³/mol. The van der Waals surface area contributed by atoms with E-state index in [9.17, 15) is 4.79 Å². The van der Waals surface area contributed by atoms with Crippen molar-refractivity contribution in [2.45, 2.75) is 6.92 Å². The SMILES string of the molecule is Cc1ccc(-n2c(=O)oc3cc(Cl)cnc32)cc1. The van der Waals surface area contributed by atoms with Crippen LogP contribution in [0.3, 0.4) is 0 Å². The maximum atomic E-state index is 11.8. The van der Waals surface area contributed by atoms with Crippen LogP contribution in [0.1, 0.15) is 5.56 Å². The van der Waals surface area contributed by atoms with Crippen LogP contribution >= 0.6 is 11.6 Å². The molecule has 4 nitrogen and oxygen atoms in total. The first kappa shape index (κ1) is 11.0. The Hall–Kier alpha value is -2.07. The molecule has 0 fully saturated rings. The quantitative estimate of drug-likeness (QED) is 0.676. The van der Waals surface area contributed by atoms with E-state index in [-0.39, 0.29) is 0 Å². The Balaban J connectivity index is 2.32. The summed E-state index contributed by atoms with van der Waals surface area (Å²) in [5.41, 5.74) is 2.69. The maximum absolute atomic E-state index is 11.8. The molecule has 2 heterocycles. The highest BCUT2D eigenvalue weighted by molar-refractivity contribution is 6.30. The molecule has 3 rings (SSSR count). The lowest BCUT2D eigenvalue weighted by atomic mass is 10.2. The zero-order chi connectivity index (χ0) is 12.7. The van der Waals surface area contributed by atoms with Gasteiger partial charge in [-0.1, -0.05) is 29.3 Å². The van der Waals surface area contributed by atoms with Crippen molar-refractivity contribution in [3.63, 3.8) is 0 Å². The maximum Gasteiger partial charge on any atom is 0.425 e. The first-order chi connectivity index (χ1) is 8.65. The summed E-state index contributed by atoms with van der Waals surface area (Å²) < 4.78 is 6.55. The molecular formula is C13H9ClN2O2. The minimum atomic E-state index is -0.469. The van der Waals surface area contributed by atoms with E-state index < -0.39 is 5.76 Å². The van der Waals surface area contributed by atoms with Gasteiger partial charge in [-0.2, -0.15) is 0 Å². The van der Waals surface area contributed by atoms with Crippen molar-refractivity contribution < 1.29 is 4.42 Å². The molecule has 0 unspecified atom stereocenters. The molecule has 0 spiro atoms. The summed E-state index contributed by atoms with van der Waals surface area (Å²) in [7, 11) is 0. The smallest absolute Gasteiger partial charge is 0.406 e. The molecule has 0 N–H and O–H groups in total. The summed E-state index contributed by atoms with van der Waals surface area (Å²) in [5, 5.41) is 0.437. The molecule has 90 valence electrons. The fourth-order valence-electron chi connectivity index (χ4n) is 1.80. The van der Waals surface area contributed by atoms with Gasteiger partial charge in [0.25, 0.3) is 0 Å². The summed E-state index contributed by atoms with van der Waals surface area (Å²) in [4.78, 5) is 16.0. The van der Waals surface area contributed by atoms with Gasteiger partial charge < -0.3 is 4.42 Å². The van der Waals surface area contributed by atoms with Crippen LogP contribution < -0.4 is 5.76 Å². The van der Waals surface area contributed by atoms with Crippen molar-refractivity contribution in [3.05, 3.63) is 57.7 Å². The van der Waals surface area contributed by atoms with Crippen LogP contribution in [-0.2, 0) is 0 Å². The highest BCUT2D eigenvalue weighted by atomic mass is 35.5. The van der Waals surface area contributed by atoms with Gasteiger partial charge in [0.1, 0.15) is 0 Å². The first-order valence-corrected chi connectivity index (χ1v) is 5.77. The Bertz CT molecular complexity index is 772. The fourth-order valence-corrected chi connectivity index (χ4v) is 1.95. The van der Waals surface area contributed by atoms with Gasteiger partial charge in [0.2, 0.25) is 0 Å². The van der Waals surface area contributed by atoms with E-state index in [1.54, 1.807) is 6.07 Å². The predicted octanol–water partition coefficient (Wildman–Crippen LogP) is 2.94. The normalized spacial score (nSPS) is 11.0. The second-order valence-corrected chi connectivity index (χ2v) is 4.45. The fraction of sp³-hybridized carbons (Fsp3) is 0.0769. The van der Waals surface area contributed by atoms with Crippen LogP contribution in [0.5, 0.6) is 0 Å². The van der Waals surface area contributed by atoms with Crippen molar-refractivity contribution in [1.29, 1.82) is 0 Å². The van der Waals surface area contributed by atoms with Gasteiger partial charge in [-0.3, -0.25) is 0 Å². The van der Waals surface area contributed by atoms with E-state index in [4.69, 9.17) is 16.0 Å². The number of fused-ring (bicyclic) bond motifs is 1. The average molecular weight is 261 g/mol. The van der Waals surface area contributed by atoms with Gasteiger partial charge in [0.15, 0.2) is 11.2 Å². The molecule has 0 saturated carbocycles. The van der Waals surface area contributed by atoms with E-state index in [1.165, 1.54) is 10.8 Å². The van der Waals surface area contributed by atoms with E-state index >= 15 is 0 Å². The molecule has 3 aromatic rings.